The van der Waals surface area contributed by atoms with Gasteiger partial charge < -0.3 is 14.8 Å². The lowest BCUT2D eigenvalue weighted by atomic mass is 9.80. The molecule has 0 saturated heterocycles. The summed E-state index contributed by atoms with van der Waals surface area (Å²) in [6.45, 7) is 0. The van der Waals surface area contributed by atoms with Gasteiger partial charge in [-0.15, -0.1) is 0 Å². The van der Waals surface area contributed by atoms with Crippen LogP contribution in [0.5, 0.6) is 11.5 Å². The third-order valence-electron chi connectivity index (χ3n) is 2.29. The summed E-state index contributed by atoms with van der Waals surface area (Å²) in [6.07, 6.45) is 0. The number of hydrogen-bond donors (Lipinski definition) is 2. The maximum absolute atomic E-state index is 13.2. The first-order valence-corrected chi connectivity index (χ1v) is 5.94. The van der Waals surface area contributed by atoms with Crippen molar-refractivity contribution in [1.82, 2.24) is 0 Å². The van der Waals surface area contributed by atoms with Crippen LogP contribution in [0.15, 0.2) is 46.9 Å². The van der Waals surface area contributed by atoms with E-state index < -0.39 is 12.9 Å². The van der Waals surface area contributed by atoms with Crippen LogP contribution in [0, 0.1) is 5.82 Å². The standard InChI is InChI=1S/C12H9BBrFO3/c14-8-1-3-9(4-2-8)18-10-5-6-12(15)11(7-10)13(16)17/h1-7,16-17H. The van der Waals surface area contributed by atoms with Gasteiger partial charge in [0.25, 0.3) is 0 Å². The maximum atomic E-state index is 13.2. The SMILES string of the molecule is OB(O)c1cc(Oc2ccc(Br)cc2)ccc1F. The highest BCUT2D eigenvalue weighted by atomic mass is 79.9. The zero-order valence-electron chi connectivity index (χ0n) is 9.18. The van der Waals surface area contributed by atoms with Crippen LogP contribution in [-0.4, -0.2) is 17.2 Å². The lowest BCUT2D eigenvalue weighted by molar-refractivity contribution is 0.422. The Morgan fingerprint density at radius 1 is 1.00 bits per heavy atom. The molecule has 2 aromatic rings. The van der Waals surface area contributed by atoms with E-state index in [1.54, 1.807) is 24.3 Å². The number of hydrogen-bond acceptors (Lipinski definition) is 3. The smallest absolute Gasteiger partial charge is 0.457 e. The first-order valence-electron chi connectivity index (χ1n) is 5.15. The fourth-order valence-corrected chi connectivity index (χ4v) is 1.69. The van der Waals surface area contributed by atoms with E-state index in [0.29, 0.717) is 11.5 Å². The van der Waals surface area contributed by atoms with E-state index in [1.165, 1.54) is 12.1 Å². The fraction of sp³-hybridized carbons (Fsp3) is 0. The molecule has 0 unspecified atom stereocenters. The molecule has 0 atom stereocenters. The van der Waals surface area contributed by atoms with Crippen LogP contribution in [0.4, 0.5) is 4.39 Å². The van der Waals surface area contributed by atoms with Crippen LogP contribution in [0.3, 0.4) is 0 Å². The van der Waals surface area contributed by atoms with Gasteiger partial charge >= 0.3 is 7.12 Å². The second-order valence-corrected chi connectivity index (χ2v) is 4.53. The number of benzene rings is 2. The summed E-state index contributed by atoms with van der Waals surface area (Å²) in [5, 5.41) is 18.0. The van der Waals surface area contributed by atoms with Crippen LogP contribution in [0.25, 0.3) is 0 Å². The van der Waals surface area contributed by atoms with Crippen molar-refractivity contribution in [3.05, 3.63) is 52.8 Å². The van der Waals surface area contributed by atoms with Gasteiger partial charge in [-0.25, -0.2) is 4.39 Å². The summed E-state index contributed by atoms with van der Waals surface area (Å²) >= 11 is 3.30. The Morgan fingerprint density at radius 3 is 2.22 bits per heavy atom. The molecule has 92 valence electrons. The molecule has 2 N–H and O–H groups in total. The van der Waals surface area contributed by atoms with Gasteiger partial charge in [0.2, 0.25) is 0 Å². The largest absolute Gasteiger partial charge is 0.491 e. The second-order valence-electron chi connectivity index (χ2n) is 3.61. The molecule has 0 spiro atoms. The molecule has 0 aliphatic heterocycles. The third-order valence-corrected chi connectivity index (χ3v) is 2.82. The molecule has 0 aliphatic carbocycles. The topological polar surface area (TPSA) is 49.7 Å². The lowest BCUT2D eigenvalue weighted by Crippen LogP contribution is -2.32. The lowest BCUT2D eigenvalue weighted by Gasteiger charge is -2.08. The predicted molar refractivity (Wildman–Crippen MR) is 70.4 cm³/mol. The third kappa shape index (κ3) is 3.10. The first-order chi connectivity index (χ1) is 8.56. The van der Waals surface area contributed by atoms with Gasteiger partial charge in [-0.3, -0.25) is 0 Å². The average molecular weight is 311 g/mol. The summed E-state index contributed by atoms with van der Waals surface area (Å²) in [6, 6.07) is 10.9. The Kier molecular flexibility index (Phi) is 4.01. The van der Waals surface area contributed by atoms with Crippen molar-refractivity contribution in [2.75, 3.05) is 0 Å². The van der Waals surface area contributed by atoms with Crippen molar-refractivity contribution >= 4 is 28.5 Å². The van der Waals surface area contributed by atoms with E-state index in [1.807, 2.05) is 0 Å². The van der Waals surface area contributed by atoms with Crippen molar-refractivity contribution in [2.24, 2.45) is 0 Å². The Morgan fingerprint density at radius 2 is 1.61 bits per heavy atom. The minimum atomic E-state index is -1.86. The minimum Gasteiger partial charge on any atom is -0.457 e. The van der Waals surface area contributed by atoms with Crippen LogP contribution in [-0.2, 0) is 0 Å². The molecule has 0 aliphatic rings. The first kappa shape index (κ1) is 13.1. The summed E-state index contributed by atoms with van der Waals surface area (Å²) in [5.41, 5.74) is -0.218. The van der Waals surface area contributed by atoms with Crippen LogP contribution in [0.1, 0.15) is 0 Å². The molecule has 2 rings (SSSR count). The molecule has 0 amide bonds. The van der Waals surface area contributed by atoms with E-state index in [4.69, 9.17) is 14.8 Å². The Labute approximate surface area is 112 Å². The maximum Gasteiger partial charge on any atom is 0.491 e. The number of halogens is 2. The summed E-state index contributed by atoms with van der Waals surface area (Å²) in [4.78, 5) is 0. The van der Waals surface area contributed by atoms with Gasteiger partial charge in [-0.1, -0.05) is 15.9 Å². The van der Waals surface area contributed by atoms with Gasteiger partial charge in [-0.05, 0) is 42.5 Å². The van der Waals surface area contributed by atoms with Gasteiger partial charge in [-0.2, -0.15) is 0 Å². The summed E-state index contributed by atoms with van der Waals surface area (Å²) in [5.74, 6) is 0.221. The normalized spacial score (nSPS) is 10.2. The van der Waals surface area contributed by atoms with Gasteiger partial charge in [0.15, 0.2) is 0 Å². The molecule has 0 aromatic heterocycles. The zero-order chi connectivity index (χ0) is 13.1. The molecular weight excluding hydrogens is 302 g/mol. The van der Waals surface area contributed by atoms with E-state index in [-0.39, 0.29) is 5.46 Å². The Balaban J connectivity index is 2.24. The fourth-order valence-electron chi connectivity index (χ4n) is 1.42. The zero-order valence-corrected chi connectivity index (χ0v) is 10.8. The molecule has 3 nitrogen and oxygen atoms in total. The molecule has 0 bridgehead atoms. The van der Waals surface area contributed by atoms with E-state index in [2.05, 4.69) is 15.9 Å². The molecule has 0 saturated carbocycles. The predicted octanol–water partition coefficient (Wildman–Crippen LogP) is 2.06. The van der Waals surface area contributed by atoms with Gasteiger partial charge in [0.1, 0.15) is 17.3 Å². The molecular formula is C12H9BBrFO3. The molecule has 6 heteroatoms. The van der Waals surface area contributed by atoms with Crippen molar-refractivity contribution in [1.29, 1.82) is 0 Å². The van der Waals surface area contributed by atoms with E-state index in [9.17, 15) is 4.39 Å². The summed E-state index contributed by atoms with van der Waals surface area (Å²) in [7, 11) is -1.86. The average Bonchev–Trinajstić information content (AvgIpc) is 2.34. The molecule has 0 fully saturated rings. The van der Waals surface area contributed by atoms with Crippen molar-refractivity contribution in [3.8, 4) is 11.5 Å². The van der Waals surface area contributed by atoms with Gasteiger partial charge in [0, 0.05) is 9.94 Å². The minimum absolute atomic E-state index is 0.218. The number of rotatable bonds is 3. The van der Waals surface area contributed by atoms with Crippen LogP contribution < -0.4 is 10.2 Å². The Bertz CT molecular complexity index is 546. The summed E-state index contributed by atoms with van der Waals surface area (Å²) < 4.78 is 19.6. The number of ether oxygens (including phenoxy) is 1. The highest BCUT2D eigenvalue weighted by molar-refractivity contribution is 9.10. The van der Waals surface area contributed by atoms with E-state index >= 15 is 0 Å². The van der Waals surface area contributed by atoms with Gasteiger partial charge in [0.05, 0.1) is 0 Å². The highest BCUT2D eigenvalue weighted by Gasteiger charge is 2.17. The quantitative estimate of drug-likeness (QED) is 0.853. The van der Waals surface area contributed by atoms with Crippen LogP contribution >= 0.6 is 15.9 Å². The van der Waals surface area contributed by atoms with E-state index in [0.717, 1.165) is 10.5 Å². The van der Waals surface area contributed by atoms with Crippen molar-refractivity contribution < 1.29 is 19.2 Å². The highest BCUT2D eigenvalue weighted by Crippen LogP contribution is 2.22. The molecule has 0 heterocycles. The van der Waals surface area contributed by atoms with Crippen LogP contribution in [0.2, 0.25) is 0 Å². The monoisotopic (exact) mass is 310 g/mol. The Hall–Kier alpha value is -1.37. The second kappa shape index (κ2) is 5.52. The molecule has 2 aromatic carbocycles. The van der Waals surface area contributed by atoms with Crippen molar-refractivity contribution in [3.63, 3.8) is 0 Å². The molecule has 18 heavy (non-hydrogen) atoms. The molecule has 0 radical (unpaired) electrons. The van der Waals surface area contributed by atoms with Crippen molar-refractivity contribution in [2.45, 2.75) is 0 Å².